The van der Waals surface area contributed by atoms with Crippen molar-refractivity contribution in [2.45, 2.75) is 52.4 Å². The summed E-state index contributed by atoms with van der Waals surface area (Å²) < 4.78 is 26.7. The van der Waals surface area contributed by atoms with Crippen LogP contribution in [0, 0.1) is 5.82 Å². The van der Waals surface area contributed by atoms with Crippen LogP contribution < -0.4 is 19.7 Å². The lowest BCUT2D eigenvalue weighted by molar-refractivity contribution is -0.118. The van der Waals surface area contributed by atoms with Gasteiger partial charge in [-0.2, -0.15) is 0 Å². The van der Waals surface area contributed by atoms with Gasteiger partial charge >= 0.3 is 0 Å². The van der Waals surface area contributed by atoms with Crippen molar-refractivity contribution in [2.24, 2.45) is 0 Å². The van der Waals surface area contributed by atoms with E-state index in [2.05, 4.69) is 5.32 Å². The molecule has 0 fully saturated rings. The van der Waals surface area contributed by atoms with E-state index in [1.165, 1.54) is 30.9 Å². The summed E-state index contributed by atoms with van der Waals surface area (Å²) in [6.07, 6.45) is 0.0966. The monoisotopic (exact) mass is 618 g/mol. The molecule has 1 aliphatic heterocycles. The Labute approximate surface area is 262 Å². The molecule has 0 spiro atoms. The highest BCUT2D eigenvalue weighted by atomic mass is 35.5. The van der Waals surface area contributed by atoms with Crippen molar-refractivity contribution < 1.29 is 28.6 Å². The number of carbonyl (C=O) groups excluding carboxylic acids is 2. The molecule has 44 heavy (non-hydrogen) atoms. The smallest absolute Gasteiger partial charge is 0.231 e. The largest absolute Gasteiger partial charge is 0.493 e. The molecular formula is C35H36ClFN2O5. The second-order valence-corrected chi connectivity index (χ2v) is 11.3. The predicted molar refractivity (Wildman–Crippen MR) is 171 cm³/mol. The molecule has 0 aromatic heterocycles. The topological polar surface area (TPSA) is 88.1 Å². The van der Waals surface area contributed by atoms with Crippen LogP contribution in [0.3, 0.4) is 0 Å². The number of nitrogens with zero attached hydrogens (tertiary/aromatic N) is 1. The Morgan fingerprint density at radius 3 is 2.20 bits per heavy atom. The zero-order valence-electron chi connectivity index (χ0n) is 25.4. The van der Waals surface area contributed by atoms with E-state index in [-0.39, 0.29) is 36.4 Å². The molecule has 0 aliphatic carbocycles. The molecule has 9 heteroatoms. The van der Waals surface area contributed by atoms with E-state index < -0.39 is 11.4 Å². The molecule has 0 saturated carbocycles. The molecule has 4 aromatic carbocycles. The highest BCUT2D eigenvalue weighted by Crippen LogP contribution is 2.37. The molecular weight excluding hydrogens is 583 g/mol. The van der Waals surface area contributed by atoms with Crippen LogP contribution in [0.2, 0.25) is 5.02 Å². The quantitative estimate of drug-likeness (QED) is 0.228. The van der Waals surface area contributed by atoms with E-state index in [0.717, 1.165) is 16.1 Å². The third kappa shape index (κ3) is 7.75. The van der Waals surface area contributed by atoms with Crippen LogP contribution in [0.1, 0.15) is 49.9 Å². The van der Waals surface area contributed by atoms with E-state index >= 15 is 4.39 Å². The van der Waals surface area contributed by atoms with Crippen LogP contribution in [0.25, 0.3) is 0 Å². The van der Waals surface area contributed by atoms with Gasteiger partial charge in [-0.15, -0.1) is 0 Å². The number of benzene rings is 4. The normalized spacial score (nSPS) is 13.8. The number of amides is 2. The van der Waals surface area contributed by atoms with Crippen molar-refractivity contribution in [3.63, 3.8) is 0 Å². The van der Waals surface area contributed by atoms with Crippen LogP contribution in [0.4, 0.5) is 15.8 Å². The van der Waals surface area contributed by atoms with Gasteiger partial charge in [0, 0.05) is 28.9 Å². The summed E-state index contributed by atoms with van der Waals surface area (Å²) in [6, 6.07) is 24.1. The Morgan fingerprint density at radius 2 is 1.66 bits per heavy atom. The van der Waals surface area contributed by atoms with Gasteiger partial charge in [-0.3, -0.25) is 9.59 Å². The first-order valence-electron chi connectivity index (χ1n) is 14.2. The zero-order valence-corrected chi connectivity index (χ0v) is 26.1. The van der Waals surface area contributed by atoms with Gasteiger partial charge < -0.3 is 24.8 Å². The number of hydrogen-bond acceptors (Lipinski definition) is 5. The minimum Gasteiger partial charge on any atom is -0.493 e. The first kappa shape index (κ1) is 32.5. The SMILES string of the molecule is COc1cc2c(cc1OC(C)C)CN(c1ccc(C(C)(O)c3ccc(NC(C)=O)cc3)c(F)c1)C(=O)C2.Clc1ccccc1. The Hall–Kier alpha value is -4.40. The molecule has 4 aromatic rings. The Kier molecular flexibility index (Phi) is 10.3. The summed E-state index contributed by atoms with van der Waals surface area (Å²) in [6.45, 7) is 7.01. The second kappa shape index (κ2) is 13.9. The fourth-order valence-corrected chi connectivity index (χ4v) is 5.08. The van der Waals surface area contributed by atoms with Crippen molar-refractivity contribution in [1.82, 2.24) is 0 Å². The fraction of sp³-hybridized carbons (Fsp3) is 0.257. The maximum absolute atomic E-state index is 15.4. The zero-order chi connectivity index (χ0) is 32.0. The first-order valence-corrected chi connectivity index (χ1v) is 14.5. The Balaban J connectivity index is 0.000000555. The summed E-state index contributed by atoms with van der Waals surface area (Å²) in [4.78, 5) is 25.8. The number of hydrogen-bond donors (Lipinski definition) is 2. The van der Waals surface area contributed by atoms with Gasteiger partial charge in [0.05, 0.1) is 26.2 Å². The summed E-state index contributed by atoms with van der Waals surface area (Å²) >= 11 is 5.54. The van der Waals surface area contributed by atoms with E-state index in [4.69, 9.17) is 21.1 Å². The van der Waals surface area contributed by atoms with Crippen LogP contribution in [-0.4, -0.2) is 30.1 Å². The summed E-state index contributed by atoms with van der Waals surface area (Å²) in [5.41, 5.74) is 1.62. The van der Waals surface area contributed by atoms with E-state index in [0.29, 0.717) is 28.4 Å². The Morgan fingerprint density at radius 1 is 1.00 bits per heavy atom. The number of aliphatic hydroxyl groups is 1. The molecule has 2 amide bonds. The van der Waals surface area contributed by atoms with Gasteiger partial charge in [0.2, 0.25) is 11.8 Å². The molecule has 1 atom stereocenters. The van der Waals surface area contributed by atoms with Crippen LogP contribution >= 0.6 is 11.6 Å². The minimum atomic E-state index is -1.63. The molecule has 0 radical (unpaired) electrons. The van der Waals surface area contributed by atoms with Gasteiger partial charge in [0.15, 0.2) is 11.5 Å². The van der Waals surface area contributed by atoms with Gasteiger partial charge in [0.25, 0.3) is 0 Å². The van der Waals surface area contributed by atoms with Gasteiger partial charge in [0.1, 0.15) is 11.4 Å². The third-order valence-electron chi connectivity index (χ3n) is 7.11. The van der Waals surface area contributed by atoms with E-state index in [1.54, 1.807) is 37.4 Å². The van der Waals surface area contributed by atoms with Crippen LogP contribution in [0.5, 0.6) is 11.5 Å². The van der Waals surface area contributed by atoms with Gasteiger partial charge in [-0.25, -0.2) is 4.39 Å². The summed E-state index contributed by atoms with van der Waals surface area (Å²) in [5, 5.41) is 14.7. The average Bonchev–Trinajstić information content (AvgIpc) is 2.97. The van der Waals surface area contributed by atoms with Crippen LogP contribution in [-0.2, 0) is 28.2 Å². The average molecular weight is 619 g/mol. The number of methoxy groups -OCH3 is 1. The molecule has 1 heterocycles. The maximum atomic E-state index is 15.4. The number of nitrogens with one attached hydrogen (secondary N) is 1. The molecule has 5 rings (SSSR count). The number of ether oxygens (including phenoxy) is 2. The lowest BCUT2D eigenvalue weighted by Crippen LogP contribution is -2.36. The number of anilines is 2. The van der Waals surface area contributed by atoms with Crippen molar-refractivity contribution in [3.05, 3.63) is 118 Å². The molecule has 230 valence electrons. The molecule has 0 saturated heterocycles. The molecule has 2 N–H and O–H groups in total. The van der Waals surface area contributed by atoms with Crippen molar-refractivity contribution >= 4 is 34.8 Å². The molecule has 7 nitrogen and oxygen atoms in total. The van der Waals surface area contributed by atoms with E-state index in [1.807, 2.05) is 56.3 Å². The lowest BCUT2D eigenvalue weighted by atomic mass is 9.87. The number of carbonyl (C=O) groups is 2. The first-order chi connectivity index (χ1) is 20.9. The number of halogens is 2. The molecule has 1 aliphatic rings. The predicted octanol–water partition coefficient (Wildman–Crippen LogP) is 7.27. The van der Waals surface area contributed by atoms with Crippen molar-refractivity contribution in [3.8, 4) is 11.5 Å². The van der Waals surface area contributed by atoms with E-state index in [9.17, 15) is 14.7 Å². The number of fused-ring (bicyclic) bond motifs is 1. The second-order valence-electron chi connectivity index (χ2n) is 10.9. The maximum Gasteiger partial charge on any atom is 0.231 e. The van der Waals surface area contributed by atoms with Gasteiger partial charge in [-0.05, 0) is 86.0 Å². The fourth-order valence-electron chi connectivity index (χ4n) is 4.93. The van der Waals surface area contributed by atoms with Crippen molar-refractivity contribution in [1.29, 1.82) is 0 Å². The minimum absolute atomic E-state index is 0.0516. The lowest BCUT2D eigenvalue weighted by Gasteiger charge is -2.31. The highest BCUT2D eigenvalue weighted by Gasteiger charge is 2.31. The van der Waals surface area contributed by atoms with Crippen molar-refractivity contribution in [2.75, 3.05) is 17.3 Å². The molecule has 0 bridgehead atoms. The Bertz CT molecular complexity index is 1620. The summed E-state index contributed by atoms with van der Waals surface area (Å²) in [7, 11) is 1.56. The third-order valence-corrected chi connectivity index (χ3v) is 7.36. The molecule has 1 unspecified atom stereocenters. The number of rotatable bonds is 7. The standard InChI is InChI=1S/C29H31FN2O5.C6H5Cl/c1-17(2)37-27-13-20-16-32(28(34)14-19(20)12-26(27)36-5)23-10-11-24(25(30)15-23)29(4,35)21-6-8-22(9-7-21)31-18(3)33;7-6-4-2-1-3-5-6/h6-13,15,17,35H,14,16H2,1-5H3,(H,31,33);1-5H. The highest BCUT2D eigenvalue weighted by molar-refractivity contribution is 6.30. The van der Waals surface area contributed by atoms with Crippen LogP contribution in [0.15, 0.2) is 84.9 Å². The summed E-state index contributed by atoms with van der Waals surface area (Å²) in [5.74, 6) is 0.146. The van der Waals surface area contributed by atoms with Gasteiger partial charge in [-0.1, -0.05) is 48.0 Å².